The van der Waals surface area contributed by atoms with Gasteiger partial charge in [0.2, 0.25) is 5.82 Å². The van der Waals surface area contributed by atoms with Crippen molar-refractivity contribution in [3.8, 4) is 11.5 Å². The highest BCUT2D eigenvalue weighted by Gasteiger charge is 2.24. The van der Waals surface area contributed by atoms with Crippen LogP contribution in [0.3, 0.4) is 0 Å². The van der Waals surface area contributed by atoms with E-state index in [4.69, 9.17) is 4.52 Å². The highest BCUT2D eigenvalue weighted by atomic mass is 16.5. The molecular formula is C14H17N5O2. The van der Waals surface area contributed by atoms with Gasteiger partial charge in [0.15, 0.2) is 0 Å². The van der Waals surface area contributed by atoms with Gasteiger partial charge >= 0.3 is 11.8 Å². The van der Waals surface area contributed by atoms with Crippen LogP contribution in [-0.2, 0) is 0 Å². The molecule has 0 N–H and O–H groups in total. The lowest BCUT2D eigenvalue weighted by molar-refractivity contribution is 0.0710. The highest BCUT2D eigenvalue weighted by molar-refractivity contribution is 5.89. The van der Waals surface area contributed by atoms with Crippen LogP contribution in [0.4, 0.5) is 0 Å². The number of amides is 1. The third-order valence-electron chi connectivity index (χ3n) is 3.71. The fourth-order valence-corrected chi connectivity index (χ4v) is 2.43. The summed E-state index contributed by atoms with van der Waals surface area (Å²) in [5, 5.41) is 3.80. The van der Waals surface area contributed by atoms with Crippen molar-refractivity contribution in [1.82, 2.24) is 25.0 Å². The van der Waals surface area contributed by atoms with E-state index in [1.807, 2.05) is 0 Å². The van der Waals surface area contributed by atoms with Crippen LogP contribution in [0.5, 0.6) is 0 Å². The molecule has 3 heterocycles. The first-order chi connectivity index (χ1) is 10.2. The quantitative estimate of drug-likeness (QED) is 0.837. The van der Waals surface area contributed by atoms with Gasteiger partial charge < -0.3 is 9.42 Å². The number of likely N-dealkylation sites (tertiary alicyclic amines) is 1. The Balaban J connectivity index is 1.75. The molecule has 0 saturated carbocycles. The molecule has 1 unspecified atom stereocenters. The smallest absolute Gasteiger partial charge is 0.316 e. The zero-order chi connectivity index (χ0) is 14.7. The summed E-state index contributed by atoms with van der Waals surface area (Å²) in [4.78, 5) is 26.4. The molecule has 2 aromatic heterocycles. The van der Waals surface area contributed by atoms with Crippen molar-refractivity contribution in [3.05, 3.63) is 24.5 Å². The van der Waals surface area contributed by atoms with Crippen LogP contribution in [0.25, 0.3) is 11.5 Å². The molecule has 0 aliphatic carbocycles. The Kier molecular flexibility index (Phi) is 3.89. The first kappa shape index (κ1) is 13.7. The van der Waals surface area contributed by atoms with Gasteiger partial charge in [-0.2, -0.15) is 4.98 Å². The second-order valence-corrected chi connectivity index (χ2v) is 5.34. The Labute approximate surface area is 122 Å². The van der Waals surface area contributed by atoms with E-state index in [1.165, 1.54) is 6.20 Å². The van der Waals surface area contributed by atoms with E-state index in [9.17, 15) is 4.79 Å². The molecule has 1 aliphatic heterocycles. The average molecular weight is 287 g/mol. The molecule has 110 valence electrons. The highest BCUT2D eigenvalue weighted by Crippen LogP contribution is 2.18. The maximum atomic E-state index is 12.4. The van der Waals surface area contributed by atoms with Crippen LogP contribution in [-0.4, -0.2) is 44.0 Å². The van der Waals surface area contributed by atoms with Crippen LogP contribution in [0, 0.1) is 5.92 Å². The van der Waals surface area contributed by atoms with E-state index in [1.54, 1.807) is 17.3 Å². The van der Waals surface area contributed by atoms with Crippen molar-refractivity contribution >= 4 is 5.91 Å². The van der Waals surface area contributed by atoms with Crippen LogP contribution in [0.2, 0.25) is 0 Å². The first-order valence-electron chi connectivity index (χ1n) is 7.13. The summed E-state index contributed by atoms with van der Waals surface area (Å²) in [6.45, 7) is 3.70. The maximum Gasteiger partial charge on any atom is 0.316 e. The molecular weight excluding hydrogens is 270 g/mol. The Hall–Kier alpha value is -2.31. The normalized spacial score (nSPS) is 19.3. The van der Waals surface area contributed by atoms with E-state index in [-0.39, 0.29) is 17.6 Å². The molecule has 1 atom stereocenters. The summed E-state index contributed by atoms with van der Waals surface area (Å²) in [6, 6.07) is 0. The molecule has 1 amide bonds. The van der Waals surface area contributed by atoms with Crippen molar-refractivity contribution in [2.24, 2.45) is 5.92 Å². The molecule has 1 fully saturated rings. The Morgan fingerprint density at radius 3 is 3.05 bits per heavy atom. The van der Waals surface area contributed by atoms with Gasteiger partial charge in [0, 0.05) is 25.5 Å². The molecule has 21 heavy (non-hydrogen) atoms. The van der Waals surface area contributed by atoms with Gasteiger partial charge in [0.05, 0.1) is 6.20 Å². The predicted molar refractivity (Wildman–Crippen MR) is 74.2 cm³/mol. The van der Waals surface area contributed by atoms with Crippen LogP contribution >= 0.6 is 0 Å². The predicted octanol–water partition coefficient (Wildman–Crippen LogP) is 1.79. The third kappa shape index (κ3) is 3.07. The number of carbonyl (C=O) groups is 1. The number of hydrogen-bond donors (Lipinski definition) is 0. The molecule has 0 spiro atoms. The van der Waals surface area contributed by atoms with E-state index in [0.717, 1.165) is 32.4 Å². The van der Waals surface area contributed by atoms with Crippen molar-refractivity contribution < 1.29 is 9.32 Å². The lowest BCUT2D eigenvalue weighted by Crippen LogP contribution is -2.32. The van der Waals surface area contributed by atoms with Crippen molar-refractivity contribution in [3.63, 3.8) is 0 Å². The lowest BCUT2D eigenvalue weighted by atomic mass is 10.0. The number of rotatable bonds is 2. The number of nitrogens with zero attached hydrogens (tertiary/aromatic N) is 5. The van der Waals surface area contributed by atoms with Crippen molar-refractivity contribution in [1.29, 1.82) is 0 Å². The lowest BCUT2D eigenvalue weighted by Gasteiger charge is -2.17. The number of carbonyl (C=O) groups excluding carboxylic acids is 1. The Morgan fingerprint density at radius 2 is 2.24 bits per heavy atom. The standard InChI is InChI=1S/C14H17N5O2/c1-10-3-2-7-19(8-4-10)14(20)13-17-12(18-21-13)11-9-15-5-6-16-11/h5-6,9-10H,2-4,7-8H2,1H3. The minimum Gasteiger partial charge on any atom is -0.334 e. The van der Waals surface area contributed by atoms with Gasteiger partial charge in [0.1, 0.15) is 5.69 Å². The average Bonchev–Trinajstić information content (AvgIpc) is 2.91. The number of aromatic nitrogens is 4. The second-order valence-electron chi connectivity index (χ2n) is 5.34. The molecule has 7 nitrogen and oxygen atoms in total. The monoisotopic (exact) mass is 287 g/mol. The summed E-state index contributed by atoms with van der Waals surface area (Å²) in [6.07, 6.45) is 7.82. The fourth-order valence-electron chi connectivity index (χ4n) is 2.43. The van der Waals surface area contributed by atoms with Crippen molar-refractivity contribution in [2.45, 2.75) is 26.2 Å². The molecule has 2 aromatic rings. The van der Waals surface area contributed by atoms with Gasteiger partial charge in [0.25, 0.3) is 0 Å². The summed E-state index contributed by atoms with van der Waals surface area (Å²) >= 11 is 0. The van der Waals surface area contributed by atoms with E-state index in [0.29, 0.717) is 11.6 Å². The van der Waals surface area contributed by atoms with Crippen molar-refractivity contribution in [2.75, 3.05) is 13.1 Å². The fraction of sp³-hybridized carbons (Fsp3) is 0.500. The maximum absolute atomic E-state index is 12.4. The van der Waals surface area contributed by atoms with Crippen LogP contribution in [0.1, 0.15) is 36.9 Å². The zero-order valence-electron chi connectivity index (χ0n) is 11.9. The molecule has 0 aromatic carbocycles. The molecule has 7 heteroatoms. The Bertz CT molecular complexity index is 613. The van der Waals surface area contributed by atoms with Gasteiger partial charge in [-0.3, -0.25) is 9.78 Å². The van der Waals surface area contributed by atoms with Crippen LogP contribution < -0.4 is 0 Å². The van der Waals surface area contributed by atoms with Gasteiger partial charge in [-0.15, -0.1) is 0 Å². The van der Waals surface area contributed by atoms with Crippen LogP contribution in [0.15, 0.2) is 23.1 Å². The Morgan fingerprint density at radius 1 is 1.33 bits per heavy atom. The van der Waals surface area contributed by atoms with E-state index < -0.39 is 0 Å². The third-order valence-corrected chi connectivity index (χ3v) is 3.71. The molecule has 1 aliphatic rings. The van der Waals surface area contributed by atoms with Gasteiger partial charge in [-0.25, -0.2) is 4.98 Å². The molecule has 3 rings (SSSR count). The minimum absolute atomic E-state index is 0.0187. The number of hydrogen-bond acceptors (Lipinski definition) is 6. The molecule has 0 radical (unpaired) electrons. The topological polar surface area (TPSA) is 85.0 Å². The van der Waals surface area contributed by atoms with E-state index in [2.05, 4.69) is 27.0 Å². The summed E-state index contributed by atoms with van der Waals surface area (Å²) < 4.78 is 5.08. The summed E-state index contributed by atoms with van der Waals surface area (Å²) in [5.74, 6) is 0.757. The molecule has 1 saturated heterocycles. The largest absolute Gasteiger partial charge is 0.334 e. The van der Waals surface area contributed by atoms with Gasteiger partial charge in [-0.1, -0.05) is 12.1 Å². The van der Waals surface area contributed by atoms with Gasteiger partial charge in [-0.05, 0) is 25.2 Å². The SMILES string of the molecule is CC1CCCN(C(=O)c2nc(-c3cnccn3)no2)CC1. The zero-order valence-corrected chi connectivity index (χ0v) is 11.9. The second kappa shape index (κ2) is 5.99. The first-order valence-corrected chi connectivity index (χ1v) is 7.13. The van der Waals surface area contributed by atoms with E-state index >= 15 is 0 Å². The minimum atomic E-state index is -0.202. The molecule has 0 bridgehead atoms. The summed E-state index contributed by atoms with van der Waals surface area (Å²) in [5.41, 5.74) is 0.491. The summed E-state index contributed by atoms with van der Waals surface area (Å²) in [7, 11) is 0.